The first-order valence-electron chi connectivity index (χ1n) is 9.03. The molecule has 10 heteroatoms. The zero-order valence-corrected chi connectivity index (χ0v) is 15.5. The van der Waals surface area contributed by atoms with Gasteiger partial charge >= 0.3 is 6.03 Å². The minimum atomic E-state index is -1.16. The monoisotopic (exact) mass is 400 g/mol. The lowest BCUT2D eigenvalue weighted by Gasteiger charge is -2.29. The largest absolute Gasteiger partial charge is 0.351 e. The summed E-state index contributed by atoms with van der Waals surface area (Å²) in [5, 5.41) is 5.17. The number of aromatic nitrogens is 1. The van der Waals surface area contributed by atoms with Gasteiger partial charge in [0, 0.05) is 44.3 Å². The third-order valence-corrected chi connectivity index (χ3v) is 4.36. The molecule has 3 rings (SSSR count). The molecule has 0 bridgehead atoms. The van der Waals surface area contributed by atoms with Crippen molar-refractivity contribution < 1.29 is 18.8 Å². The highest BCUT2D eigenvalue weighted by molar-refractivity contribution is 6.00. The molecule has 1 fully saturated rings. The number of nitrogens with one attached hydrogen (secondary N) is 2. The van der Waals surface area contributed by atoms with Crippen molar-refractivity contribution in [3.05, 3.63) is 60.2 Å². The summed E-state index contributed by atoms with van der Waals surface area (Å²) in [6.45, 7) is 0.701. The zero-order valence-electron chi connectivity index (χ0n) is 15.5. The van der Waals surface area contributed by atoms with Gasteiger partial charge in [-0.3, -0.25) is 19.5 Å². The van der Waals surface area contributed by atoms with Crippen LogP contribution in [0.3, 0.4) is 0 Å². The van der Waals surface area contributed by atoms with E-state index in [0.717, 1.165) is 6.07 Å². The van der Waals surface area contributed by atoms with Gasteiger partial charge in [0.15, 0.2) is 6.17 Å². The SMILES string of the molecule is NCCNC(=O)C1N(C(=O)Nc2cccc(F)c2)CCN1C(=O)c1cccnc1. The van der Waals surface area contributed by atoms with Crippen LogP contribution in [0.1, 0.15) is 10.4 Å². The molecular weight excluding hydrogens is 379 g/mol. The number of pyridine rings is 1. The van der Waals surface area contributed by atoms with Crippen molar-refractivity contribution in [2.24, 2.45) is 5.73 Å². The lowest BCUT2D eigenvalue weighted by atomic mass is 10.2. The number of carbonyl (C=O) groups excluding carboxylic acids is 3. The number of amides is 4. The number of anilines is 1. The number of nitrogens with zero attached hydrogens (tertiary/aromatic N) is 3. The number of hydrogen-bond donors (Lipinski definition) is 3. The second-order valence-electron chi connectivity index (χ2n) is 6.33. The maximum atomic E-state index is 13.4. The molecule has 1 unspecified atom stereocenters. The lowest BCUT2D eigenvalue weighted by Crippen LogP contribution is -2.55. The maximum Gasteiger partial charge on any atom is 0.323 e. The zero-order chi connectivity index (χ0) is 20.8. The van der Waals surface area contributed by atoms with E-state index in [1.165, 1.54) is 40.4 Å². The molecule has 2 heterocycles. The minimum Gasteiger partial charge on any atom is -0.351 e. The normalized spacial score (nSPS) is 15.9. The molecule has 1 aromatic carbocycles. The summed E-state index contributed by atoms with van der Waals surface area (Å²) in [7, 11) is 0. The van der Waals surface area contributed by atoms with Gasteiger partial charge in [0.05, 0.1) is 5.56 Å². The van der Waals surface area contributed by atoms with Gasteiger partial charge in [-0.2, -0.15) is 0 Å². The maximum absolute atomic E-state index is 13.4. The van der Waals surface area contributed by atoms with Crippen LogP contribution in [0.5, 0.6) is 0 Å². The van der Waals surface area contributed by atoms with Gasteiger partial charge in [-0.25, -0.2) is 9.18 Å². The standard InChI is InChI=1S/C19H21FN6O3/c20-14-4-1-5-15(11-14)24-19(29)26-10-9-25(17(26)16(27)23-8-6-21)18(28)13-3-2-7-22-12-13/h1-5,7,11-12,17H,6,8-10,21H2,(H,23,27)(H,24,29). The van der Waals surface area contributed by atoms with Gasteiger partial charge in [0.2, 0.25) is 0 Å². The number of hydrogen-bond acceptors (Lipinski definition) is 5. The van der Waals surface area contributed by atoms with Crippen LogP contribution in [0.25, 0.3) is 0 Å². The van der Waals surface area contributed by atoms with E-state index in [2.05, 4.69) is 15.6 Å². The van der Waals surface area contributed by atoms with E-state index >= 15 is 0 Å². The summed E-state index contributed by atoms with van der Waals surface area (Å²) in [5.74, 6) is -1.46. The molecule has 0 aliphatic carbocycles. The molecule has 4 amide bonds. The Morgan fingerprint density at radius 1 is 1.17 bits per heavy atom. The van der Waals surface area contributed by atoms with Crippen molar-refractivity contribution in [2.45, 2.75) is 6.17 Å². The summed E-state index contributed by atoms with van der Waals surface area (Å²) in [6.07, 6.45) is 1.76. The third-order valence-electron chi connectivity index (χ3n) is 4.36. The molecule has 1 atom stereocenters. The van der Waals surface area contributed by atoms with Crippen LogP contribution >= 0.6 is 0 Å². The van der Waals surface area contributed by atoms with E-state index in [4.69, 9.17) is 5.73 Å². The lowest BCUT2D eigenvalue weighted by molar-refractivity contribution is -0.127. The molecule has 0 saturated carbocycles. The number of urea groups is 1. The topological polar surface area (TPSA) is 121 Å². The first-order chi connectivity index (χ1) is 14.0. The predicted octanol–water partition coefficient (Wildman–Crippen LogP) is 0.612. The molecule has 29 heavy (non-hydrogen) atoms. The summed E-state index contributed by atoms with van der Waals surface area (Å²) in [5.41, 5.74) is 5.99. The van der Waals surface area contributed by atoms with Gasteiger partial charge in [0.25, 0.3) is 11.8 Å². The van der Waals surface area contributed by atoms with E-state index in [1.807, 2.05) is 0 Å². The molecule has 9 nitrogen and oxygen atoms in total. The van der Waals surface area contributed by atoms with Gasteiger partial charge in [-0.05, 0) is 30.3 Å². The van der Waals surface area contributed by atoms with Gasteiger partial charge in [-0.1, -0.05) is 6.07 Å². The third kappa shape index (κ3) is 4.66. The van der Waals surface area contributed by atoms with Crippen LogP contribution in [0.2, 0.25) is 0 Å². The summed E-state index contributed by atoms with van der Waals surface area (Å²) in [6, 6.07) is 7.97. The fraction of sp³-hybridized carbons (Fsp3) is 0.263. The Morgan fingerprint density at radius 3 is 2.66 bits per heavy atom. The highest BCUT2D eigenvalue weighted by Gasteiger charge is 2.42. The van der Waals surface area contributed by atoms with Crippen LogP contribution in [-0.4, -0.2) is 65.0 Å². The van der Waals surface area contributed by atoms with Crippen molar-refractivity contribution in [2.75, 3.05) is 31.5 Å². The van der Waals surface area contributed by atoms with Gasteiger partial charge in [-0.15, -0.1) is 0 Å². The van der Waals surface area contributed by atoms with E-state index in [-0.39, 0.29) is 31.9 Å². The van der Waals surface area contributed by atoms with Crippen LogP contribution in [0.4, 0.5) is 14.9 Å². The quantitative estimate of drug-likeness (QED) is 0.679. The van der Waals surface area contributed by atoms with E-state index < -0.39 is 29.8 Å². The molecular formula is C19H21FN6O3. The van der Waals surface area contributed by atoms with Crippen molar-refractivity contribution in [1.82, 2.24) is 20.1 Å². The summed E-state index contributed by atoms with van der Waals surface area (Å²) < 4.78 is 13.4. The Bertz CT molecular complexity index is 895. The Hall–Kier alpha value is -3.53. The van der Waals surface area contributed by atoms with Crippen LogP contribution < -0.4 is 16.4 Å². The molecule has 0 radical (unpaired) electrons. The number of rotatable bonds is 5. The minimum absolute atomic E-state index is 0.133. The molecule has 1 aromatic heterocycles. The fourth-order valence-electron chi connectivity index (χ4n) is 3.04. The Balaban J connectivity index is 1.82. The Morgan fingerprint density at radius 2 is 1.97 bits per heavy atom. The van der Waals surface area contributed by atoms with Crippen molar-refractivity contribution in [1.29, 1.82) is 0 Å². The van der Waals surface area contributed by atoms with E-state index in [1.54, 1.807) is 12.1 Å². The van der Waals surface area contributed by atoms with Crippen molar-refractivity contribution in [3.8, 4) is 0 Å². The van der Waals surface area contributed by atoms with Crippen LogP contribution in [-0.2, 0) is 4.79 Å². The highest BCUT2D eigenvalue weighted by atomic mass is 19.1. The van der Waals surface area contributed by atoms with Gasteiger partial charge in [0.1, 0.15) is 5.82 Å². The second kappa shape index (κ2) is 9.11. The highest BCUT2D eigenvalue weighted by Crippen LogP contribution is 2.20. The Labute approximate surface area is 166 Å². The molecule has 152 valence electrons. The number of carbonyl (C=O) groups is 3. The fourth-order valence-corrected chi connectivity index (χ4v) is 3.04. The van der Waals surface area contributed by atoms with Crippen LogP contribution in [0.15, 0.2) is 48.8 Å². The second-order valence-corrected chi connectivity index (χ2v) is 6.33. The first-order valence-corrected chi connectivity index (χ1v) is 9.03. The molecule has 1 saturated heterocycles. The van der Waals surface area contributed by atoms with Crippen LogP contribution in [0, 0.1) is 5.82 Å². The van der Waals surface area contributed by atoms with Gasteiger partial charge < -0.3 is 21.3 Å². The molecule has 1 aliphatic heterocycles. The molecule has 0 spiro atoms. The summed E-state index contributed by atoms with van der Waals surface area (Å²) >= 11 is 0. The Kier molecular flexibility index (Phi) is 6.35. The molecule has 4 N–H and O–H groups in total. The van der Waals surface area contributed by atoms with E-state index in [9.17, 15) is 18.8 Å². The number of halogens is 1. The first kappa shape index (κ1) is 20.2. The van der Waals surface area contributed by atoms with Crippen molar-refractivity contribution in [3.63, 3.8) is 0 Å². The predicted molar refractivity (Wildman–Crippen MR) is 103 cm³/mol. The number of benzene rings is 1. The smallest absolute Gasteiger partial charge is 0.323 e. The van der Waals surface area contributed by atoms with Crippen molar-refractivity contribution >= 4 is 23.5 Å². The van der Waals surface area contributed by atoms with E-state index in [0.29, 0.717) is 5.56 Å². The summed E-state index contributed by atoms with van der Waals surface area (Å²) in [4.78, 5) is 44.8. The molecule has 2 aromatic rings. The average Bonchev–Trinajstić information content (AvgIpc) is 3.17. The molecule has 1 aliphatic rings. The average molecular weight is 400 g/mol. The number of nitrogens with two attached hydrogens (primary N) is 1.